The third-order valence-corrected chi connectivity index (χ3v) is 5.69. The number of piperazine rings is 1. The zero-order valence-corrected chi connectivity index (χ0v) is 16.3. The highest BCUT2D eigenvalue weighted by molar-refractivity contribution is 5.84. The Labute approximate surface area is 162 Å². The van der Waals surface area contributed by atoms with Crippen LogP contribution in [0.1, 0.15) is 37.7 Å². The predicted molar refractivity (Wildman–Crippen MR) is 106 cm³/mol. The van der Waals surface area contributed by atoms with Crippen molar-refractivity contribution in [2.75, 3.05) is 33.2 Å². The molecule has 6 nitrogen and oxygen atoms in total. The van der Waals surface area contributed by atoms with Crippen molar-refractivity contribution in [1.29, 1.82) is 0 Å². The lowest BCUT2D eigenvalue weighted by Crippen LogP contribution is -2.60. The number of carbonyl (C=O) groups excluding carboxylic acids is 2. The third-order valence-electron chi connectivity index (χ3n) is 5.69. The van der Waals surface area contributed by atoms with Crippen LogP contribution in [0.15, 0.2) is 30.3 Å². The molecule has 2 amide bonds. The molecule has 0 unspecified atom stereocenters. The Bertz CT molecular complexity index is 616. The summed E-state index contributed by atoms with van der Waals surface area (Å²) in [4.78, 5) is 29.3. The maximum atomic E-state index is 12.5. The molecule has 1 saturated carbocycles. The Morgan fingerprint density at radius 1 is 1.07 bits per heavy atom. The van der Waals surface area contributed by atoms with Gasteiger partial charge in [0, 0.05) is 39.3 Å². The van der Waals surface area contributed by atoms with Crippen molar-refractivity contribution < 1.29 is 9.59 Å². The summed E-state index contributed by atoms with van der Waals surface area (Å²) >= 11 is 0. The average molecular weight is 373 g/mol. The van der Waals surface area contributed by atoms with E-state index in [4.69, 9.17) is 0 Å². The molecule has 1 aliphatic heterocycles. The van der Waals surface area contributed by atoms with Gasteiger partial charge >= 0.3 is 0 Å². The van der Waals surface area contributed by atoms with E-state index < -0.39 is 0 Å². The van der Waals surface area contributed by atoms with Crippen molar-refractivity contribution >= 4 is 11.8 Å². The molecule has 1 heterocycles. The summed E-state index contributed by atoms with van der Waals surface area (Å²) in [6.45, 7) is 3.36. The Hall–Kier alpha value is -1.92. The van der Waals surface area contributed by atoms with Gasteiger partial charge in [-0.15, -0.1) is 0 Å². The molecule has 1 saturated heterocycles. The van der Waals surface area contributed by atoms with Crippen LogP contribution >= 0.6 is 0 Å². The van der Waals surface area contributed by atoms with Gasteiger partial charge in [-0.05, 0) is 18.4 Å². The first-order valence-corrected chi connectivity index (χ1v) is 10.2. The minimum Gasteiger partial charge on any atom is -0.358 e. The molecule has 0 spiro atoms. The molecule has 0 bridgehead atoms. The molecular weight excluding hydrogens is 340 g/mol. The van der Waals surface area contributed by atoms with E-state index in [1.807, 2.05) is 23.1 Å². The summed E-state index contributed by atoms with van der Waals surface area (Å²) in [5.74, 6) is 0.0329. The molecule has 2 fully saturated rings. The van der Waals surface area contributed by atoms with Crippen molar-refractivity contribution in [3.05, 3.63) is 35.9 Å². The molecule has 1 atom stereocenters. The summed E-state index contributed by atoms with van der Waals surface area (Å²) in [6.07, 6.45) is 5.83. The molecule has 6 heteroatoms. The number of amides is 2. The molecule has 1 aromatic rings. The molecule has 3 rings (SSSR count). The largest absolute Gasteiger partial charge is 0.358 e. The summed E-state index contributed by atoms with van der Waals surface area (Å²) in [6, 6.07) is 10.3. The molecule has 0 radical (unpaired) electrons. The number of benzene rings is 1. The Morgan fingerprint density at radius 2 is 1.81 bits per heavy atom. The zero-order valence-electron chi connectivity index (χ0n) is 16.3. The maximum Gasteiger partial charge on any atom is 0.238 e. The summed E-state index contributed by atoms with van der Waals surface area (Å²) in [5, 5.41) is 5.93. The number of hydrogen-bond acceptors (Lipinski definition) is 4. The van der Waals surface area contributed by atoms with Crippen molar-refractivity contribution in [2.45, 2.75) is 50.7 Å². The van der Waals surface area contributed by atoms with E-state index in [2.05, 4.69) is 27.7 Å². The monoisotopic (exact) mass is 372 g/mol. The molecule has 1 aromatic carbocycles. The quantitative estimate of drug-likeness (QED) is 0.792. The van der Waals surface area contributed by atoms with Crippen molar-refractivity contribution in [1.82, 2.24) is 20.4 Å². The highest BCUT2D eigenvalue weighted by Gasteiger charge is 2.33. The number of likely N-dealkylation sites (N-methyl/N-ethyl adjacent to an activating group) is 1. The lowest BCUT2D eigenvalue weighted by molar-refractivity contribution is -0.131. The first kappa shape index (κ1) is 19.8. The second-order valence-corrected chi connectivity index (χ2v) is 7.72. The summed E-state index contributed by atoms with van der Waals surface area (Å²) < 4.78 is 0. The summed E-state index contributed by atoms with van der Waals surface area (Å²) in [7, 11) is 1.67. The fourth-order valence-electron chi connectivity index (χ4n) is 4.17. The van der Waals surface area contributed by atoms with E-state index in [1.165, 1.54) is 24.8 Å². The van der Waals surface area contributed by atoms with E-state index in [0.29, 0.717) is 19.1 Å². The maximum absolute atomic E-state index is 12.5. The SMILES string of the molecule is CNC(=O)[C@H]1CN(Cc2ccccc2)CCN1CC(=O)NC1CCCCC1. The smallest absolute Gasteiger partial charge is 0.238 e. The molecular formula is C21H32N4O2. The van der Waals surface area contributed by atoms with Gasteiger partial charge in [0.2, 0.25) is 11.8 Å². The lowest BCUT2D eigenvalue weighted by atomic mass is 9.95. The van der Waals surface area contributed by atoms with E-state index in [9.17, 15) is 9.59 Å². The van der Waals surface area contributed by atoms with E-state index in [-0.39, 0.29) is 17.9 Å². The highest BCUT2D eigenvalue weighted by Crippen LogP contribution is 2.18. The van der Waals surface area contributed by atoms with Gasteiger partial charge in [-0.2, -0.15) is 0 Å². The number of nitrogens with zero attached hydrogens (tertiary/aromatic N) is 2. The predicted octanol–water partition coefficient (Wildman–Crippen LogP) is 1.37. The normalized spacial score (nSPS) is 22.3. The van der Waals surface area contributed by atoms with Gasteiger partial charge in [0.25, 0.3) is 0 Å². The van der Waals surface area contributed by atoms with Crippen molar-refractivity contribution in [3.63, 3.8) is 0 Å². The third kappa shape index (κ3) is 5.78. The molecule has 2 N–H and O–H groups in total. The summed E-state index contributed by atoms with van der Waals surface area (Å²) in [5.41, 5.74) is 1.25. The van der Waals surface area contributed by atoms with Gasteiger partial charge in [0.15, 0.2) is 0 Å². The first-order chi connectivity index (χ1) is 13.2. The van der Waals surface area contributed by atoms with Gasteiger partial charge in [-0.25, -0.2) is 0 Å². The van der Waals surface area contributed by atoms with Crippen LogP contribution < -0.4 is 10.6 Å². The van der Waals surface area contributed by atoms with Crippen LogP contribution in [0.25, 0.3) is 0 Å². The Morgan fingerprint density at radius 3 is 2.52 bits per heavy atom. The zero-order chi connectivity index (χ0) is 19.1. The van der Waals surface area contributed by atoms with Crippen LogP contribution in [0, 0.1) is 0 Å². The van der Waals surface area contributed by atoms with Crippen LogP contribution in [0.2, 0.25) is 0 Å². The number of hydrogen-bond donors (Lipinski definition) is 2. The minimum absolute atomic E-state index is 0.0155. The van der Waals surface area contributed by atoms with Gasteiger partial charge in [-0.1, -0.05) is 49.6 Å². The standard InChI is InChI=1S/C21H32N4O2/c1-22-21(27)19-15-24(14-17-8-4-2-5-9-17)12-13-25(19)16-20(26)23-18-10-6-3-7-11-18/h2,4-5,8-9,18-19H,3,6-7,10-16H2,1H3,(H,22,27)(H,23,26)/t19-/m1/s1. The van der Waals surface area contributed by atoms with Crippen LogP contribution in [-0.2, 0) is 16.1 Å². The molecule has 27 heavy (non-hydrogen) atoms. The topological polar surface area (TPSA) is 64.7 Å². The number of nitrogens with one attached hydrogen (secondary N) is 2. The molecule has 2 aliphatic rings. The van der Waals surface area contributed by atoms with Crippen LogP contribution in [0.5, 0.6) is 0 Å². The average Bonchev–Trinajstić information content (AvgIpc) is 2.70. The second-order valence-electron chi connectivity index (χ2n) is 7.72. The fraction of sp³-hybridized carbons (Fsp3) is 0.619. The Kier molecular flexibility index (Phi) is 7.24. The minimum atomic E-state index is -0.287. The van der Waals surface area contributed by atoms with Crippen LogP contribution in [-0.4, -0.2) is 66.9 Å². The molecule has 148 valence electrons. The highest BCUT2D eigenvalue weighted by atomic mass is 16.2. The fourth-order valence-corrected chi connectivity index (χ4v) is 4.17. The van der Waals surface area contributed by atoms with Crippen molar-refractivity contribution in [3.8, 4) is 0 Å². The second kappa shape index (κ2) is 9.85. The van der Waals surface area contributed by atoms with E-state index in [0.717, 1.165) is 32.5 Å². The van der Waals surface area contributed by atoms with Gasteiger partial charge in [0.1, 0.15) is 6.04 Å². The van der Waals surface area contributed by atoms with E-state index >= 15 is 0 Å². The van der Waals surface area contributed by atoms with Gasteiger partial charge in [0.05, 0.1) is 6.54 Å². The van der Waals surface area contributed by atoms with Gasteiger partial charge in [-0.3, -0.25) is 19.4 Å². The number of rotatable bonds is 6. The molecule has 1 aliphatic carbocycles. The first-order valence-electron chi connectivity index (χ1n) is 10.2. The number of carbonyl (C=O) groups is 2. The van der Waals surface area contributed by atoms with Crippen molar-refractivity contribution in [2.24, 2.45) is 0 Å². The lowest BCUT2D eigenvalue weighted by Gasteiger charge is -2.40. The van der Waals surface area contributed by atoms with Crippen LogP contribution in [0.3, 0.4) is 0 Å². The van der Waals surface area contributed by atoms with Gasteiger partial charge < -0.3 is 10.6 Å². The molecule has 0 aromatic heterocycles. The Balaban J connectivity index is 1.56. The van der Waals surface area contributed by atoms with E-state index in [1.54, 1.807) is 7.05 Å². The van der Waals surface area contributed by atoms with Crippen LogP contribution in [0.4, 0.5) is 0 Å².